The van der Waals surface area contributed by atoms with E-state index in [0.29, 0.717) is 0 Å². The van der Waals surface area contributed by atoms with E-state index >= 15 is 0 Å². The molecule has 3 aromatic rings. The van der Waals surface area contributed by atoms with Gasteiger partial charge in [-0.3, -0.25) is 10.8 Å². The zero-order chi connectivity index (χ0) is 13.2. The molecule has 1 unspecified atom stereocenters. The minimum Gasteiger partial charge on any atom is -0.271 e. The first kappa shape index (κ1) is 12.7. The lowest BCUT2D eigenvalue weighted by Crippen LogP contribution is -2.28. The van der Waals surface area contributed by atoms with E-state index < -0.39 is 0 Å². The Balaban J connectivity index is 2.06. The van der Waals surface area contributed by atoms with Gasteiger partial charge in [0, 0.05) is 11.6 Å². The van der Waals surface area contributed by atoms with Gasteiger partial charge in [-0.1, -0.05) is 12.1 Å². The Kier molecular flexibility index (Phi) is 3.61. The summed E-state index contributed by atoms with van der Waals surface area (Å²) in [6.45, 7) is 0. The van der Waals surface area contributed by atoms with Gasteiger partial charge in [-0.25, -0.2) is 5.43 Å². The number of fused-ring (bicyclic) bond motifs is 1. The summed E-state index contributed by atoms with van der Waals surface area (Å²) in [6, 6.07) is 12.3. The van der Waals surface area contributed by atoms with Crippen LogP contribution >= 0.6 is 27.3 Å². The highest BCUT2D eigenvalue weighted by atomic mass is 79.9. The summed E-state index contributed by atoms with van der Waals surface area (Å²) in [5.41, 5.74) is 6.16. The van der Waals surface area contributed by atoms with E-state index in [-0.39, 0.29) is 6.04 Å². The number of nitrogens with one attached hydrogen (secondary N) is 1. The molecule has 0 spiro atoms. The summed E-state index contributed by atoms with van der Waals surface area (Å²) in [5.74, 6) is 5.71. The number of hydrogen-bond acceptors (Lipinski definition) is 4. The largest absolute Gasteiger partial charge is 0.271 e. The van der Waals surface area contributed by atoms with Crippen molar-refractivity contribution in [1.29, 1.82) is 0 Å². The molecular weight excluding hydrogens is 322 g/mol. The number of halogens is 1. The van der Waals surface area contributed by atoms with Gasteiger partial charge in [-0.15, -0.1) is 11.3 Å². The SMILES string of the molecule is NNC(c1csc(Br)c1)c1ccc2ncccc2c1. The predicted molar refractivity (Wildman–Crippen MR) is 82.9 cm³/mol. The molecule has 2 heterocycles. The molecule has 0 aliphatic heterocycles. The molecule has 3 rings (SSSR count). The molecule has 1 atom stereocenters. The molecular formula is C14H12BrN3S. The van der Waals surface area contributed by atoms with Crippen molar-refractivity contribution >= 4 is 38.2 Å². The summed E-state index contributed by atoms with van der Waals surface area (Å²) in [5, 5.41) is 3.22. The van der Waals surface area contributed by atoms with Crippen LogP contribution in [0.1, 0.15) is 17.2 Å². The quantitative estimate of drug-likeness (QED) is 0.568. The smallest absolute Gasteiger partial charge is 0.0718 e. The normalized spacial score (nSPS) is 12.7. The molecule has 1 aromatic carbocycles. The third kappa shape index (κ3) is 2.55. The molecule has 96 valence electrons. The van der Waals surface area contributed by atoms with E-state index in [4.69, 9.17) is 5.84 Å². The summed E-state index contributed by atoms with van der Waals surface area (Å²) >= 11 is 5.14. The van der Waals surface area contributed by atoms with Gasteiger partial charge >= 0.3 is 0 Å². The third-order valence-corrected chi connectivity index (χ3v) is 4.57. The zero-order valence-electron chi connectivity index (χ0n) is 10.0. The van der Waals surface area contributed by atoms with Crippen molar-refractivity contribution in [2.75, 3.05) is 0 Å². The fourth-order valence-corrected chi connectivity index (χ4v) is 3.33. The molecule has 0 saturated carbocycles. The van der Waals surface area contributed by atoms with Crippen LogP contribution in [0.3, 0.4) is 0 Å². The Morgan fingerprint density at radius 2 is 2.11 bits per heavy atom. The number of hydrogen-bond donors (Lipinski definition) is 2. The minimum absolute atomic E-state index is 0.00726. The van der Waals surface area contributed by atoms with E-state index in [1.807, 2.05) is 12.1 Å². The van der Waals surface area contributed by atoms with Gasteiger partial charge in [0.05, 0.1) is 15.3 Å². The molecule has 0 aliphatic carbocycles. The van der Waals surface area contributed by atoms with Crippen LogP contribution in [0.15, 0.2) is 51.8 Å². The van der Waals surface area contributed by atoms with Crippen LogP contribution in [0.2, 0.25) is 0 Å². The third-order valence-electron chi connectivity index (χ3n) is 3.05. The molecule has 0 amide bonds. The van der Waals surface area contributed by atoms with Gasteiger partial charge in [-0.2, -0.15) is 0 Å². The van der Waals surface area contributed by atoms with Crippen LogP contribution in [0, 0.1) is 0 Å². The Morgan fingerprint density at radius 1 is 1.21 bits per heavy atom. The van der Waals surface area contributed by atoms with Crippen molar-refractivity contribution in [2.24, 2.45) is 5.84 Å². The number of benzene rings is 1. The summed E-state index contributed by atoms with van der Waals surface area (Å²) in [6.07, 6.45) is 1.80. The van der Waals surface area contributed by atoms with Gasteiger partial charge in [0.25, 0.3) is 0 Å². The van der Waals surface area contributed by atoms with Gasteiger partial charge < -0.3 is 0 Å². The lowest BCUT2D eigenvalue weighted by molar-refractivity contribution is 0.639. The zero-order valence-corrected chi connectivity index (χ0v) is 12.4. The average Bonchev–Trinajstić information content (AvgIpc) is 2.86. The Labute approximate surface area is 123 Å². The first-order valence-electron chi connectivity index (χ1n) is 5.82. The maximum absolute atomic E-state index is 5.71. The molecule has 19 heavy (non-hydrogen) atoms. The van der Waals surface area contributed by atoms with E-state index in [9.17, 15) is 0 Å². The van der Waals surface area contributed by atoms with Gasteiger partial charge in [0.15, 0.2) is 0 Å². The Hall–Kier alpha value is -1.27. The lowest BCUT2D eigenvalue weighted by atomic mass is 10.00. The maximum Gasteiger partial charge on any atom is 0.0718 e. The van der Waals surface area contributed by atoms with Gasteiger partial charge in [-0.05, 0) is 56.7 Å². The number of nitrogens with two attached hydrogens (primary N) is 1. The summed E-state index contributed by atoms with van der Waals surface area (Å²) in [7, 11) is 0. The number of rotatable bonds is 3. The Bertz CT molecular complexity index is 710. The molecule has 2 aromatic heterocycles. The number of nitrogens with zero attached hydrogens (tertiary/aromatic N) is 1. The molecule has 3 N–H and O–H groups in total. The summed E-state index contributed by atoms with van der Waals surface area (Å²) < 4.78 is 1.10. The van der Waals surface area contributed by atoms with E-state index in [1.54, 1.807) is 17.5 Å². The number of pyridine rings is 1. The molecule has 0 saturated heterocycles. The standard InChI is InChI=1S/C14H12BrN3S/c15-13-7-11(8-19-13)14(18-16)10-3-4-12-9(6-10)2-1-5-17-12/h1-8,14,18H,16H2. The highest BCUT2D eigenvalue weighted by molar-refractivity contribution is 9.11. The Morgan fingerprint density at radius 3 is 2.84 bits per heavy atom. The minimum atomic E-state index is -0.00726. The molecule has 0 aliphatic rings. The fraction of sp³-hybridized carbons (Fsp3) is 0.0714. The van der Waals surface area contributed by atoms with Crippen molar-refractivity contribution in [3.63, 3.8) is 0 Å². The van der Waals surface area contributed by atoms with Crippen LogP contribution in [-0.4, -0.2) is 4.98 Å². The molecule has 0 fully saturated rings. The molecule has 5 heteroatoms. The second-order valence-corrected chi connectivity index (χ2v) is 6.53. The fourth-order valence-electron chi connectivity index (χ4n) is 2.13. The van der Waals surface area contributed by atoms with Crippen LogP contribution in [0.5, 0.6) is 0 Å². The number of aromatic nitrogens is 1. The van der Waals surface area contributed by atoms with Crippen LogP contribution in [0.25, 0.3) is 10.9 Å². The average molecular weight is 334 g/mol. The van der Waals surface area contributed by atoms with Crippen molar-refractivity contribution < 1.29 is 0 Å². The van der Waals surface area contributed by atoms with Crippen LogP contribution in [-0.2, 0) is 0 Å². The molecule has 3 nitrogen and oxygen atoms in total. The number of thiophene rings is 1. The lowest BCUT2D eigenvalue weighted by Gasteiger charge is -2.15. The molecule has 0 radical (unpaired) electrons. The highest BCUT2D eigenvalue weighted by Gasteiger charge is 2.14. The summed E-state index contributed by atoms with van der Waals surface area (Å²) in [4.78, 5) is 4.33. The topological polar surface area (TPSA) is 50.9 Å². The maximum atomic E-state index is 5.71. The molecule has 0 bridgehead atoms. The number of hydrazine groups is 1. The first-order chi connectivity index (χ1) is 9.28. The van der Waals surface area contributed by atoms with E-state index in [0.717, 1.165) is 25.8 Å². The monoisotopic (exact) mass is 333 g/mol. The van der Waals surface area contributed by atoms with Gasteiger partial charge in [0.2, 0.25) is 0 Å². The first-order valence-corrected chi connectivity index (χ1v) is 7.50. The van der Waals surface area contributed by atoms with E-state index in [1.165, 1.54) is 0 Å². The van der Waals surface area contributed by atoms with Crippen LogP contribution in [0.4, 0.5) is 0 Å². The van der Waals surface area contributed by atoms with Crippen molar-refractivity contribution in [3.8, 4) is 0 Å². The van der Waals surface area contributed by atoms with Crippen molar-refractivity contribution in [1.82, 2.24) is 10.4 Å². The highest BCUT2D eigenvalue weighted by Crippen LogP contribution is 2.30. The van der Waals surface area contributed by atoms with E-state index in [2.05, 4.69) is 56.0 Å². The van der Waals surface area contributed by atoms with Crippen molar-refractivity contribution in [3.05, 3.63) is 62.9 Å². The van der Waals surface area contributed by atoms with Crippen molar-refractivity contribution in [2.45, 2.75) is 6.04 Å². The predicted octanol–water partition coefficient (Wildman–Crippen LogP) is 3.61. The van der Waals surface area contributed by atoms with Crippen LogP contribution < -0.4 is 11.3 Å². The second kappa shape index (κ2) is 5.38. The second-order valence-electron chi connectivity index (χ2n) is 4.24. The van der Waals surface area contributed by atoms with Gasteiger partial charge in [0.1, 0.15) is 0 Å².